The molecule has 0 aliphatic heterocycles. The Morgan fingerprint density at radius 2 is 1.89 bits per heavy atom. The van der Waals surface area contributed by atoms with E-state index in [2.05, 4.69) is 14.4 Å². The average Bonchev–Trinajstić information content (AvgIpc) is 3.46. The molecule has 0 amide bonds. The first kappa shape index (κ1) is 22.9. The minimum Gasteiger partial charge on any atom is -0.496 e. The maximum Gasteiger partial charge on any atom is 0.263 e. The third kappa shape index (κ3) is 4.24. The van der Waals surface area contributed by atoms with E-state index in [1.54, 1.807) is 43.5 Å². The van der Waals surface area contributed by atoms with Gasteiger partial charge in [0.25, 0.3) is 10.0 Å². The maximum absolute atomic E-state index is 13.8. The van der Waals surface area contributed by atoms with E-state index in [4.69, 9.17) is 16.3 Å². The van der Waals surface area contributed by atoms with Crippen molar-refractivity contribution >= 4 is 38.3 Å². The topological polar surface area (TPSA) is 86.4 Å². The zero-order valence-electron chi connectivity index (χ0n) is 18.6. The second-order valence-electron chi connectivity index (χ2n) is 7.87. The summed E-state index contributed by atoms with van der Waals surface area (Å²) in [5.41, 5.74) is 3.49. The van der Waals surface area contributed by atoms with Gasteiger partial charge in [-0.25, -0.2) is 12.8 Å². The molecule has 0 fully saturated rings. The molecule has 0 spiro atoms. The van der Waals surface area contributed by atoms with Gasteiger partial charge in [-0.1, -0.05) is 35.0 Å². The highest BCUT2D eigenvalue weighted by Crippen LogP contribution is 2.42. The Balaban J connectivity index is 1.60. The fourth-order valence-electron chi connectivity index (χ4n) is 4.02. The molecule has 0 saturated heterocycles. The predicted molar refractivity (Wildman–Crippen MR) is 133 cm³/mol. The molecule has 0 unspecified atom stereocenters. The number of benzene rings is 3. The summed E-state index contributed by atoms with van der Waals surface area (Å²) in [7, 11) is -0.497. The lowest BCUT2D eigenvalue weighted by Crippen LogP contribution is -2.13. The van der Waals surface area contributed by atoms with Crippen LogP contribution >= 0.6 is 11.6 Å². The van der Waals surface area contributed by atoms with E-state index < -0.39 is 10.0 Å². The van der Waals surface area contributed by atoms with Crippen LogP contribution in [0.1, 0.15) is 0 Å². The third-order valence-corrected chi connectivity index (χ3v) is 7.33. The van der Waals surface area contributed by atoms with E-state index in [0.717, 1.165) is 16.5 Å². The van der Waals surface area contributed by atoms with Gasteiger partial charge < -0.3 is 13.8 Å². The fourth-order valence-corrected chi connectivity index (χ4v) is 5.30. The molecule has 0 saturated carbocycles. The van der Waals surface area contributed by atoms with E-state index in [1.807, 2.05) is 17.8 Å². The number of ether oxygens (including phenoxy) is 1. The van der Waals surface area contributed by atoms with Crippen LogP contribution in [0.2, 0.25) is 5.02 Å². The number of anilines is 1. The fraction of sp³-hybridized carbons (Fsp3) is 0.0800. The lowest BCUT2D eigenvalue weighted by atomic mass is 9.98. The first-order chi connectivity index (χ1) is 16.8. The van der Waals surface area contributed by atoms with E-state index >= 15 is 0 Å². The highest BCUT2D eigenvalue weighted by molar-refractivity contribution is 7.92. The van der Waals surface area contributed by atoms with Gasteiger partial charge in [0.1, 0.15) is 17.8 Å². The molecule has 0 atom stereocenters. The van der Waals surface area contributed by atoms with Crippen molar-refractivity contribution in [2.24, 2.45) is 7.05 Å². The first-order valence-corrected chi connectivity index (χ1v) is 12.3. The van der Waals surface area contributed by atoms with Crippen LogP contribution in [0, 0.1) is 5.82 Å². The third-order valence-electron chi connectivity index (χ3n) is 5.66. The van der Waals surface area contributed by atoms with Crippen molar-refractivity contribution in [3.8, 4) is 28.0 Å². The minimum absolute atomic E-state index is 0.0761. The molecule has 178 valence electrons. The Morgan fingerprint density at radius 3 is 2.60 bits per heavy atom. The number of methoxy groups -OCH3 is 1. The summed E-state index contributed by atoms with van der Waals surface area (Å²) >= 11 is 6.62. The number of halogens is 2. The van der Waals surface area contributed by atoms with Crippen LogP contribution in [0.15, 0.2) is 82.5 Å². The number of hydrogen-bond donors (Lipinski definition) is 1. The average molecular weight is 512 g/mol. The summed E-state index contributed by atoms with van der Waals surface area (Å²) in [6.07, 6.45) is 3.16. The predicted octanol–water partition coefficient (Wildman–Crippen LogP) is 6.10. The summed E-state index contributed by atoms with van der Waals surface area (Å²) in [4.78, 5) is 0.0761. The van der Waals surface area contributed by atoms with Crippen molar-refractivity contribution in [2.45, 2.75) is 4.90 Å². The van der Waals surface area contributed by atoms with Crippen LogP contribution in [-0.4, -0.2) is 25.3 Å². The molecule has 10 heteroatoms. The Labute approximate surface area is 205 Å². The van der Waals surface area contributed by atoms with Gasteiger partial charge in [0.2, 0.25) is 0 Å². The number of aromatic nitrogens is 2. The Morgan fingerprint density at radius 1 is 1.06 bits per heavy atom. The molecule has 2 heterocycles. The van der Waals surface area contributed by atoms with E-state index in [1.165, 1.54) is 30.5 Å². The molecular weight excluding hydrogens is 493 g/mol. The van der Waals surface area contributed by atoms with Crippen molar-refractivity contribution in [1.29, 1.82) is 0 Å². The molecule has 35 heavy (non-hydrogen) atoms. The van der Waals surface area contributed by atoms with Gasteiger partial charge in [0, 0.05) is 51.9 Å². The number of fused-ring (bicyclic) bond motifs is 1. The summed E-state index contributed by atoms with van der Waals surface area (Å²) in [6, 6.07) is 16.0. The van der Waals surface area contributed by atoms with Gasteiger partial charge in [-0.15, -0.1) is 0 Å². The molecule has 5 rings (SSSR count). The van der Waals surface area contributed by atoms with Crippen molar-refractivity contribution < 1.29 is 22.1 Å². The molecule has 3 aromatic carbocycles. The van der Waals surface area contributed by atoms with Crippen molar-refractivity contribution in [2.75, 3.05) is 11.8 Å². The van der Waals surface area contributed by atoms with Crippen LogP contribution in [0.25, 0.3) is 33.2 Å². The van der Waals surface area contributed by atoms with Crippen LogP contribution in [0.3, 0.4) is 0 Å². The second kappa shape index (κ2) is 8.75. The molecule has 7 nitrogen and oxygen atoms in total. The quantitative estimate of drug-likeness (QED) is 0.297. The van der Waals surface area contributed by atoms with Gasteiger partial charge in [-0.2, -0.15) is 0 Å². The number of rotatable bonds is 6. The monoisotopic (exact) mass is 511 g/mol. The van der Waals surface area contributed by atoms with Crippen LogP contribution in [-0.2, 0) is 17.1 Å². The second-order valence-corrected chi connectivity index (χ2v) is 9.96. The van der Waals surface area contributed by atoms with E-state index in [0.29, 0.717) is 27.4 Å². The van der Waals surface area contributed by atoms with Crippen molar-refractivity contribution in [3.63, 3.8) is 0 Å². The lowest BCUT2D eigenvalue weighted by molar-refractivity contribution is 0.416. The molecule has 1 N–H and O–H groups in total. The molecule has 0 aliphatic rings. The van der Waals surface area contributed by atoms with E-state index in [9.17, 15) is 12.8 Å². The Hall–Kier alpha value is -3.82. The summed E-state index contributed by atoms with van der Waals surface area (Å²) < 4.78 is 53.9. The van der Waals surface area contributed by atoms with Crippen LogP contribution in [0.4, 0.5) is 10.2 Å². The highest BCUT2D eigenvalue weighted by atomic mass is 35.5. The zero-order chi connectivity index (χ0) is 24.7. The Bertz CT molecular complexity index is 1660. The normalized spacial score (nSPS) is 11.7. The van der Waals surface area contributed by atoms with Crippen molar-refractivity contribution in [3.05, 3.63) is 84.0 Å². The molecule has 0 radical (unpaired) electrons. The molecule has 0 aliphatic carbocycles. The number of aryl methyl sites for hydroxylation is 1. The molecule has 5 aromatic rings. The van der Waals surface area contributed by atoms with Gasteiger partial charge in [-0.3, -0.25) is 4.72 Å². The standard InChI is InChI=1S/C25H19ClFN3O4S/c1-30-14-21(18-7-6-17(11-23(18)30)35(31,32)29-25-8-9-34-28-25)20-12-22(26)19(13-24(20)33-2)15-4-3-5-16(27)10-15/h3-14H,1-2H3,(H,28,29). The van der Waals surface area contributed by atoms with Gasteiger partial charge in [-0.05, 0) is 42.0 Å². The van der Waals surface area contributed by atoms with Crippen LogP contribution < -0.4 is 9.46 Å². The summed E-state index contributed by atoms with van der Waals surface area (Å²) in [6.45, 7) is 0. The number of nitrogens with zero attached hydrogens (tertiary/aromatic N) is 2. The molecular formula is C25H19ClFN3O4S. The molecule has 2 aromatic heterocycles. The van der Waals surface area contributed by atoms with Gasteiger partial charge in [0.15, 0.2) is 5.82 Å². The van der Waals surface area contributed by atoms with Gasteiger partial charge in [0.05, 0.1) is 12.0 Å². The Kier molecular flexibility index (Phi) is 5.74. The van der Waals surface area contributed by atoms with Crippen LogP contribution in [0.5, 0.6) is 5.75 Å². The number of sulfonamides is 1. The highest BCUT2D eigenvalue weighted by Gasteiger charge is 2.20. The maximum atomic E-state index is 13.8. The summed E-state index contributed by atoms with van der Waals surface area (Å²) in [5.74, 6) is 0.278. The van der Waals surface area contributed by atoms with Crippen molar-refractivity contribution in [1.82, 2.24) is 9.72 Å². The summed E-state index contributed by atoms with van der Waals surface area (Å²) in [5, 5.41) is 4.83. The minimum atomic E-state index is -3.87. The van der Waals surface area contributed by atoms with Gasteiger partial charge >= 0.3 is 0 Å². The lowest BCUT2D eigenvalue weighted by Gasteiger charge is -2.13. The zero-order valence-corrected chi connectivity index (χ0v) is 20.2. The largest absolute Gasteiger partial charge is 0.496 e. The van der Waals surface area contributed by atoms with E-state index in [-0.39, 0.29) is 16.5 Å². The SMILES string of the molecule is COc1cc(-c2cccc(F)c2)c(Cl)cc1-c1cn(C)c2cc(S(=O)(=O)Nc3ccon3)ccc12. The number of nitrogens with one attached hydrogen (secondary N) is 1. The smallest absolute Gasteiger partial charge is 0.263 e. The first-order valence-electron chi connectivity index (χ1n) is 10.4. The number of hydrogen-bond acceptors (Lipinski definition) is 5. The molecule has 0 bridgehead atoms.